The second-order valence-electron chi connectivity index (χ2n) is 9.80. The van der Waals surface area contributed by atoms with Crippen molar-refractivity contribution >= 4 is 0 Å². The smallest absolute Gasteiger partial charge is 0.166 e. The molecule has 4 rings (SSSR count). The molecule has 186 valence electrons. The van der Waals surface area contributed by atoms with E-state index in [1.807, 2.05) is 6.92 Å². The van der Waals surface area contributed by atoms with Crippen molar-refractivity contribution in [3.05, 3.63) is 88.7 Å². The Morgan fingerprint density at radius 2 is 1.60 bits per heavy atom. The molecule has 0 heterocycles. The van der Waals surface area contributed by atoms with Crippen LogP contribution in [-0.4, -0.2) is 10.2 Å². The van der Waals surface area contributed by atoms with Gasteiger partial charge >= 0.3 is 0 Å². The molecule has 1 atom stereocenters. The Morgan fingerprint density at radius 1 is 0.886 bits per heavy atom. The van der Waals surface area contributed by atoms with Crippen molar-refractivity contribution in [3.63, 3.8) is 0 Å². The molecule has 1 saturated carbocycles. The van der Waals surface area contributed by atoms with E-state index in [-0.39, 0.29) is 17.2 Å². The van der Waals surface area contributed by atoms with Gasteiger partial charge in [-0.3, -0.25) is 0 Å². The highest BCUT2D eigenvalue weighted by atomic mass is 19.2. The normalized spacial score (nSPS) is 19.0. The largest absolute Gasteiger partial charge is 0.505 e. The van der Waals surface area contributed by atoms with Crippen LogP contribution in [0.4, 0.5) is 13.2 Å². The molecule has 0 spiro atoms. The summed E-state index contributed by atoms with van der Waals surface area (Å²) >= 11 is 0. The highest BCUT2D eigenvalue weighted by Crippen LogP contribution is 2.40. The number of hydrogen-bond donors (Lipinski definition) is 2. The first kappa shape index (κ1) is 25.3. The van der Waals surface area contributed by atoms with Crippen LogP contribution in [0.3, 0.4) is 0 Å². The fraction of sp³-hybridized carbons (Fsp3) is 0.400. The Kier molecular flexibility index (Phi) is 8.17. The number of aromatic hydroxyl groups is 1. The van der Waals surface area contributed by atoms with E-state index in [0.29, 0.717) is 23.5 Å². The van der Waals surface area contributed by atoms with Gasteiger partial charge in [-0.1, -0.05) is 55.8 Å². The van der Waals surface area contributed by atoms with Crippen molar-refractivity contribution in [2.75, 3.05) is 0 Å². The summed E-state index contributed by atoms with van der Waals surface area (Å²) in [6.45, 7) is 2.00. The molecule has 2 N–H and O–H groups in total. The number of rotatable bonds is 8. The summed E-state index contributed by atoms with van der Waals surface area (Å²) in [5.74, 6) is -2.06. The molecule has 0 radical (unpaired) electrons. The third-order valence-corrected chi connectivity index (χ3v) is 7.42. The monoisotopic (exact) mass is 482 g/mol. The second-order valence-corrected chi connectivity index (χ2v) is 9.80. The lowest BCUT2D eigenvalue weighted by molar-refractivity contribution is 0.166. The van der Waals surface area contributed by atoms with E-state index in [4.69, 9.17) is 0 Å². The highest BCUT2D eigenvalue weighted by Gasteiger charge is 2.26. The lowest BCUT2D eigenvalue weighted by Gasteiger charge is -2.29. The standard InChI is InChI=1S/C30H33F3O2/c1-2-3-27(34)23-13-11-22(12-14-23)25-16-15-24(29(32)30(25)33)21-9-6-19(7-10-21)4-5-20-8-17-28(35)26(31)18-20/h8,11-19,21,27,34-35H,2-7,9-10H2,1H3. The van der Waals surface area contributed by atoms with E-state index in [1.54, 1.807) is 42.5 Å². The molecular weight excluding hydrogens is 449 g/mol. The molecule has 3 aromatic rings. The Labute approximate surface area is 205 Å². The van der Waals surface area contributed by atoms with E-state index in [9.17, 15) is 14.6 Å². The molecule has 1 aliphatic carbocycles. The maximum Gasteiger partial charge on any atom is 0.166 e. The van der Waals surface area contributed by atoms with Crippen LogP contribution in [0.5, 0.6) is 5.75 Å². The summed E-state index contributed by atoms with van der Waals surface area (Å²) < 4.78 is 43.7. The molecule has 3 aromatic carbocycles. The molecule has 0 aliphatic heterocycles. The summed E-state index contributed by atoms with van der Waals surface area (Å²) in [6.07, 6.45) is 6.08. The predicted molar refractivity (Wildman–Crippen MR) is 133 cm³/mol. The van der Waals surface area contributed by atoms with Crippen molar-refractivity contribution in [2.45, 2.75) is 70.3 Å². The van der Waals surface area contributed by atoms with Crippen molar-refractivity contribution in [1.82, 2.24) is 0 Å². The number of phenols is 1. The van der Waals surface area contributed by atoms with Crippen LogP contribution in [0.1, 0.15) is 80.6 Å². The Balaban J connectivity index is 1.38. The molecule has 1 unspecified atom stereocenters. The number of hydrogen-bond acceptors (Lipinski definition) is 2. The van der Waals surface area contributed by atoms with Crippen molar-refractivity contribution in [2.24, 2.45) is 5.92 Å². The van der Waals surface area contributed by atoms with Crippen molar-refractivity contribution in [3.8, 4) is 16.9 Å². The van der Waals surface area contributed by atoms with Crippen LogP contribution < -0.4 is 0 Å². The van der Waals surface area contributed by atoms with Gasteiger partial charge in [0.15, 0.2) is 23.2 Å². The molecule has 2 nitrogen and oxygen atoms in total. The van der Waals surface area contributed by atoms with Gasteiger partial charge in [0.05, 0.1) is 6.10 Å². The average Bonchev–Trinajstić information content (AvgIpc) is 2.87. The van der Waals surface area contributed by atoms with Gasteiger partial charge in [-0.05, 0) is 91.2 Å². The lowest BCUT2D eigenvalue weighted by Crippen LogP contribution is -2.15. The third-order valence-electron chi connectivity index (χ3n) is 7.42. The molecule has 1 fully saturated rings. The van der Waals surface area contributed by atoms with Crippen LogP contribution in [0, 0.1) is 23.4 Å². The summed E-state index contributed by atoms with van der Waals surface area (Å²) in [5, 5.41) is 19.5. The zero-order chi connectivity index (χ0) is 24.9. The topological polar surface area (TPSA) is 40.5 Å². The van der Waals surface area contributed by atoms with Gasteiger partial charge in [0.25, 0.3) is 0 Å². The van der Waals surface area contributed by atoms with Crippen molar-refractivity contribution in [1.29, 1.82) is 0 Å². The third kappa shape index (κ3) is 5.90. The molecule has 35 heavy (non-hydrogen) atoms. The highest BCUT2D eigenvalue weighted by molar-refractivity contribution is 5.65. The fourth-order valence-corrected chi connectivity index (χ4v) is 5.27. The molecule has 0 aromatic heterocycles. The Hall–Kier alpha value is -2.79. The van der Waals surface area contributed by atoms with Gasteiger partial charge in [0.2, 0.25) is 0 Å². The average molecular weight is 483 g/mol. The van der Waals surface area contributed by atoms with Crippen LogP contribution in [0.2, 0.25) is 0 Å². The number of phenolic OH excluding ortho intramolecular Hbond substituents is 1. The quantitative estimate of drug-likeness (QED) is 0.340. The van der Waals surface area contributed by atoms with E-state index >= 15 is 8.78 Å². The van der Waals surface area contributed by atoms with Gasteiger partial charge in [-0.15, -0.1) is 0 Å². The summed E-state index contributed by atoms with van der Waals surface area (Å²) in [5.41, 5.74) is 2.91. The Bertz CT molecular complexity index is 1140. The van der Waals surface area contributed by atoms with E-state index in [0.717, 1.165) is 56.1 Å². The molecule has 0 amide bonds. The molecule has 0 saturated heterocycles. The van der Waals surface area contributed by atoms with Gasteiger partial charge in [-0.2, -0.15) is 0 Å². The van der Waals surface area contributed by atoms with Crippen molar-refractivity contribution < 1.29 is 23.4 Å². The summed E-state index contributed by atoms with van der Waals surface area (Å²) in [6, 6.07) is 14.9. The molecule has 0 bridgehead atoms. The summed E-state index contributed by atoms with van der Waals surface area (Å²) in [7, 11) is 0. The number of aliphatic hydroxyl groups is 1. The van der Waals surface area contributed by atoms with E-state index < -0.39 is 23.6 Å². The Morgan fingerprint density at radius 3 is 2.26 bits per heavy atom. The minimum absolute atomic E-state index is 0.00696. The number of aryl methyl sites for hydroxylation is 1. The first-order valence-corrected chi connectivity index (χ1v) is 12.6. The van der Waals surface area contributed by atoms with Crippen LogP contribution in [0.25, 0.3) is 11.1 Å². The maximum atomic E-state index is 15.1. The van der Waals surface area contributed by atoms with Crippen LogP contribution in [0.15, 0.2) is 54.6 Å². The minimum Gasteiger partial charge on any atom is -0.505 e. The van der Waals surface area contributed by atoms with E-state index in [1.165, 1.54) is 12.1 Å². The number of benzene rings is 3. The van der Waals surface area contributed by atoms with Crippen LogP contribution in [-0.2, 0) is 6.42 Å². The predicted octanol–water partition coefficient (Wildman–Crippen LogP) is 8.22. The molecule has 5 heteroatoms. The zero-order valence-corrected chi connectivity index (χ0v) is 20.1. The molecular formula is C30H33F3O2. The number of aliphatic hydroxyl groups excluding tert-OH is 1. The minimum atomic E-state index is -0.819. The molecule has 1 aliphatic rings. The fourth-order valence-electron chi connectivity index (χ4n) is 5.27. The van der Waals surface area contributed by atoms with Crippen LogP contribution >= 0.6 is 0 Å². The lowest BCUT2D eigenvalue weighted by atomic mass is 9.76. The van der Waals surface area contributed by atoms with Gasteiger partial charge in [0.1, 0.15) is 0 Å². The van der Waals surface area contributed by atoms with Gasteiger partial charge in [-0.25, -0.2) is 13.2 Å². The first-order valence-electron chi connectivity index (χ1n) is 12.6. The van der Waals surface area contributed by atoms with Gasteiger partial charge in [0, 0.05) is 5.56 Å². The SMILES string of the molecule is CCCC(O)c1ccc(-c2ccc(C3CCC(CCc4ccc(O)c(F)c4)CC3)c(F)c2F)cc1. The number of halogens is 3. The second kappa shape index (κ2) is 11.3. The first-order chi connectivity index (χ1) is 16.9. The van der Waals surface area contributed by atoms with E-state index in [2.05, 4.69) is 0 Å². The maximum absolute atomic E-state index is 15.1. The zero-order valence-electron chi connectivity index (χ0n) is 20.1. The summed E-state index contributed by atoms with van der Waals surface area (Å²) in [4.78, 5) is 0. The van der Waals surface area contributed by atoms with Gasteiger partial charge < -0.3 is 10.2 Å².